The van der Waals surface area contributed by atoms with Gasteiger partial charge in [-0.1, -0.05) is 42.8 Å². The lowest BCUT2D eigenvalue weighted by Gasteiger charge is -2.46. The minimum Gasteiger partial charge on any atom is -0.490 e. The lowest BCUT2D eigenvalue weighted by atomic mass is 9.68. The van der Waals surface area contributed by atoms with Crippen molar-refractivity contribution in [3.05, 3.63) is 94.3 Å². The van der Waals surface area contributed by atoms with Gasteiger partial charge in [-0.25, -0.2) is 4.21 Å². The molecule has 0 radical (unpaired) electrons. The van der Waals surface area contributed by atoms with Gasteiger partial charge in [0.1, 0.15) is 5.75 Å². The van der Waals surface area contributed by atoms with Crippen LogP contribution in [0, 0.1) is 24.7 Å². The van der Waals surface area contributed by atoms with E-state index in [1.165, 1.54) is 16.7 Å². The van der Waals surface area contributed by atoms with Crippen molar-refractivity contribution in [2.75, 3.05) is 49.8 Å². The summed E-state index contributed by atoms with van der Waals surface area (Å²) in [4.78, 5) is 30.3. The molecule has 3 aromatic rings. The number of ketones is 1. The lowest BCUT2D eigenvalue weighted by Crippen LogP contribution is -2.49. The number of ether oxygens (including phenoxy) is 3. The fraction of sp³-hybridized carbons (Fsp3) is 0.524. The standard InChI is InChI=1S/C42H51N3O6S/c1-28-9-13-36-30(18-28)7-5-15-42(36)26-45-21-32-10-12-35(32)39(49-3)8-4-6-29(2)24-52(48,25-38(46)33-19-34-23-50-17-16-44(34)22-33)43-41(47)31-11-14-40(51-27-42)37(45)20-31/h4,8-9,11,13-14,18-20,22,29,32,35,39H,5-7,10,12,15-17,21,23-27H2,1-3H3/b8-4+/t29-,32-,35+,39-,42-,52+/m0/s1. The monoisotopic (exact) mass is 725 g/mol. The number of amides is 1. The quantitative estimate of drug-likeness (QED) is 0.213. The molecule has 1 saturated carbocycles. The number of fused-ring (bicyclic) bond motifs is 5. The third-order valence-electron chi connectivity index (χ3n) is 12.2. The van der Waals surface area contributed by atoms with Gasteiger partial charge in [0.2, 0.25) is 0 Å². The minimum absolute atomic E-state index is 0.0257. The summed E-state index contributed by atoms with van der Waals surface area (Å²) in [5, 5.41) is 0. The van der Waals surface area contributed by atoms with E-state index in [-0.39, 0.29) is 34.7 Å². The molecule has 2 bridgehead atoms. The van der Waals surface area contributed by atoms with Crippen LogP contribution in [0.5, 0.6) is 5.75 Å². The molecule has 1 aromatic heterocycles. The average molecular weight is 726 g/mol. The van der Waals surface area contributed by atoms with E-state index in [9.17, 15) is 13.8 Å². The molecule has 0 N–H and O–H groups in total. The predicted octanol–water partition coefficient (Wildman–Crippen LogP) is 6.93. The van der Waals surface area contributed by atoms with Crippen molar-refractivity contribution in [3.8, 4) is 5.75 Å². The highest BCUT2D eigenvalue weighted by molar-refractivity contribution is 7.94. The first-order valence-electron chi connectivity index (χ1n) is 19.0. The number of rotatable bonds is 4. The molecule has 4 heterocycles. The van der Waals surface area contributed by atoms with Gasteiger partial charge < -0.3 is 23.7 Å². The van der Waals surface area contributed by atoms with Gasteiger partial charge in [-0.2, -0.15) is 4.36 Å². The Morgan fingerprint density at radius 1 is 1.15 bits per heavy atom. The molecule has 8 rings (SSSR count). The first-order chi connectivity index (χ1) is 25.1. The summed E-state index contributed by atoms with van der Waals surface area (Å²) in [7, 11) is -1.48. The molecule has 3 aliphatic heterocycles. The Hall–Kier alpha value is -3.73. The molecule has 9 nitrogen and oxygen atoms in total. The third-order valence-corrected chi connectivity index (χ3v) is 14.5. The number of methoxy groups -OCH3 is 1. The zero-order valence-electron chi connectivity index (χ0n) is 30.7. The number of benzene rings is 2. The van der Waals surface area contributed by atoms with Crippen LogP contribution in [-0.4, -0.2) is 71.5 Å². The smallest absolute Gasteiger partial charge is 0.285 e. The molecule has 5 aliphatic rings. The van der Waals surface area contributed by atoms with Crippen molar-refractivity contribution in [3.63, 3.8) is 0 Å². The maximum atomic E-state index is 14.8. The second-order valence-electron chi connectivity index (χ2n) is 16.0. The van der Waals surface area contributed by atoms with Crippen LogP contribution in [0.2, 0.25) is 0 Å². The summed E-state index contributed by atoms with van der Waals surface area (Å²) in [5.74, 6) is 0.461. The zero-order chi connectivity index (χ0) is 36.0. The van der Waals surface area contributed by atoms with Crippen molar-refractivity contribution in [2.45, 2.75) is 77.0 Å². The highest BCUT2D eigenvalue weighted by Gasteiger charge is 2.44. The van der Waals surface area contributed by atoms with Crippen molar-refractivity contribution in [1.29, 1.82) is 0 Å². The van der Waals surface area contributed by atoms with Gasteiger partial charge in [-0.3, -0.25) is 9.59 Å². The fourth-order valence-electron chi connectivity index (χ4n) is 9.29. The molecule has 1 amide bonds. The Morgan fingerprint density at radius 3 is 2.85 bits per heavy atom. The van der Waals surface area contributed by atoms with Crippen molar-refractivity contribution in [2.24, 2.45) is 22.1 Å². The first-order valence-corrected chi connectivity index (χ1v) is 20.9. The molecule has 1 spiro atoms. The van der Waals surface area contributed by atoms with Crippen LogP contribution >= 0.6 is 0 Å². The van der Waals surface area contributed by atoms with Crippen LogP contribution in [0.25, 0.3) is 0 Å². The Bertz CT molecular complexity index is 2000. The molecule has 6 atom stereocenters. The number of anilines is 1. The Morgan fingerprint density at radius 2 is 2.04 bits per heavy atom. The van der Waals surface area contributed by atoms with Gasteiger partial charge in [-0.15, -0.1) is 0 Å². The number of allylic oxidation sites excluding steroid dienone is 1. The van der Waals surface area contributed by atoms with Crippen LogP contribution in [0.4, 0.5) is 5.69 Å². The Balaban J connectivity index is 1.18. The number of hydrogen-bond acceptors (Lipinski definition) is 7. The molecule has 52 heavy (non-hydrogen) atoms. The molecule has 1 fully saturated rings. The van der Waals surface area contributed by atoms with Crippen LogP contribution in [0.1, 0.15) is 82.1 Å². The van der Waals surface area contributed by atoms with E-state index in [1.807, 2.05) is 35.9 Å². The lowest BCUT2D eigenvalue weighted by molar-refractivity contribution is 0.0131. The topological polar surface area (TPSA) is 99.4 Å². The molecule has 2 aliphatic carbocycles. The third kappa shape index (κ3) is 6.90. The van der Waals surface area contributed by atoms with E-state index in [0.717, 1.165) is 62.3 Å². The number of carbonyl (C=O) groups excluding carboxylic acids is 2. The Labute approximate surface area is 307 Å². The van der Waals surface area contributed by atoms with E-state index >= 15 is 0 Å². The zero-order valence-corrected chi connectivity index (χ0v) is 31.5. The number of hydrogen-bond donors (Lipinski definition) is 0. The second kappa shape index (κ2) is 14.3. The summed E-state index contributed by atoms with van der Waals surface area (Å²) in [6.07, 6.45) is 12.1. The van der Waals surface area contributed by atoms with E-state index in [2.05, 4.69) is 46.5 Å². The molecule has 10 heteroatoms. The van der Waals surface area contributed by atoms with E-state index in [4.69, 9.17) is 14.2 Å². The number of carbonyl (C=O) groups is 2. The summed E-state index contributed by atoms with van der Waals surface area (Å²) in [6.45, 7) is 8.02. The highest BCUT2D eigenvalue weighted by atomic mass is 32.2. The summed E-state index contributed by atoms with van der Waals surface area (Å²) in [5.41, 5.74) is 6.49. The summed E-state index contributed by atoms with van der Waals surface area (Å²) >= 11 is 0. The van der Waals surface area contributed by atoms with Crippen LogP contribution in [0.15, 0.2) is 65.2 Å². The maximum absolute atomic E-state index is 14.8. The second-order valence-corrected chi connectivity index (χ2v) is 18.3. The summed E-state index contributed by atoms with van der Waals surface area (Å²) < 4.78 is 39.6. The molecule has 0 saturated heterocycles. The number of aromatic nitrogens is 1. The number of Topliss-reactive ketones (excluding diaryl/α,β-unsaturated/α-hetero) is 1. The molecule has 0 unspecified atom stereocenters. The highest BCUT2D eigenvalue weighted by Crippen LogP contribution is 2.47. The van der Waals surface area contributed by atoms with Crippen molar-refractivity contribution in [1.82, 2.24) is 4.57 Å². The summed E-state index contributed by atoms with van der Waals surface area (Å²) in [6, 6.07) is 14.2. The van der Waals surface area contributed by atoms with Crippen molar-refractivity contribution < 1.29 is 28.0 Å². The SMILES string of the molecule is CO[C@H]1/C=C/C[C@H](C)C[S@@](=O)(CC(=O)c2cc3n(c2)CCOC3)=NC(=O)c2ccc3c(c2)N(C[C@@H]2CC[C@H]21)C[C@@]1(CCCc2cc(C)ccc21)CO3. The predicted molar refractivity (Wildman–Crippen MR) is 203 cm³/mol. The van der Waals surface area contributed by atoms with E-state index in [0.29, 0.717) is 55.7 Å². The molecular weight excluding hydrogens is 675 g/mol. The van der Waals surface area contributed by atoms with E-state index in [1.54, 1.807) is 13.2 Å². The van der Waals surface area contributed by atoms with Gasteiger partial charge >= 0.3 is 0 Å². The van der Waals surface area contributed by atoms with Crippen molar-refractivity contribution >= 4 is 27.1 Å². The fourth-order valence-corrected chi connectivity index (χ4v) is 11.6. The Kier molecular flexibility index (Phi) is 9.68. The largest absolute Gasteiger partial charge is 0.490 e. The van der Waals surface area contributed by atoms with Crippen LogP contribution < -0.4 is 9.64 Å². The van der Waals surface area contributed by atoms with E-state index < -0.39 is 15.6 Å². The van der Waals surface area contributed by atoms with Gasteiger partial charge in [0.25, 0.3) is 5.91 Å². The maximum Gasteiger partial charge on any atom is 0.285 e. The number of nitrogens with zero attached hydrogens (tertiary/aromatic N) is 3. The average Bonchev–Trinajstić information content (AvgIpc) is 3.49. The van der Waals surface area contributed by atoms with Gasteiger partial charge in [0.05, 0.1) is 47.1 Å². The normalized spacial score (nSPS) is 30.8. The first kappa shape index (κ1) is 35.3. The van der Waals surface area contributed by atoms with Gasteiger partial charge in [0.15, 0.2) is 5.78 Å². The van der Waals surface area contributed by atoms with Gasteiger partial charge in [-0.05, 0) is 98.6 Å². The molecule has 2 aromatic carbocycles. The number of aryl methyl sites for hydroxylation is 2. The minimum atomic E-state index is -3.27. The van der Waals surface area contributed by atoms with Gasteiger partial charge in [0, 0.05) is 60.9 Å². The molecular formula is C42H51N3O6S. The van der Waals surface area contributed by atoms with Crippen LogP contribution in [0.3, 0.4) is 0 Å². The molecule has 276 valence electrons. The van der Waals surface area contributed by atoms with Crippen LogP contribution in [-0.2, 0) is 44.2 Å².